The van der Waals surface area contributed by atoms with E-state index in [9.17, 15) is 14.4 Å². The van der Waals surface area contributed by atoms with Crippen LogP contribution in [0.5, 0.6) is 0 Å². The number of thiophene rings is 1. The fourth-order valence-electron chi connectivity index (χ4n) is 2.60. The van der Waals surface area contributed by atoms with Crippen molar-refractivity contribution in [2.45, 2.75) is 26.9 Å². The molecule has 1 aromatic carbocycles. The van der Waals surface area contributed by atoms with Crippen molar-refractivity contribution >= 4 is 39.8 Å². The standard InChI is InChI=1S/C21H20N2O5S/c1-12-6-4-7-13(2)18(12)23-19(24)14(3)28-21(26)16-9-10-17(29-16)22-20(25)15-8-5-11-27-15/h4-11,14H,1-3H3,(H,22,25)(H,23,24). The van der Waals surface area contributed by atoms with Crippen LogP contribution in [0.25, 0.3) is 0 Å². The number of hydrogen-bond acceptors (Lipinski definition) is 6. The number of anilines is 2. The zero-order valence-electron chi connectivity index (χ0n) is 16.1. The molecule has 0 aliphatic rings. The molecule has 0 bridgehead atoms. The highest BCUT2D eigenvalue weighted by Gasteiger charge is 2.21. The molecule has 0 aliphatic carbocycles. The molecule has 1 unspecified atom stereocenters. The Balaban J connectivity index is 1.59. The molecule has 2 N–H and O–H groups in total. The van der Waals surface area contributed by atoms with E-state index in [2.05, 4.69) is 10.6 Å². The maximum Gasteiger partial charge on any atom is 0.349 e. The van der Waals surface area contributed by atoms with Gasteiger partial charge in [0.2, 0.25) is 0 Å². The topological polar surface area (TPSA) is 97.6 Å². The largest absolute Gasteiger partial charge is 0.459 e. The predicted molar refractivity (Wildman–Crippen MR) is 110 cm³/mol. The number of benzene rings is 1. The molecule has 8 heteroatoms. The van der Waals surface area contributed by atoms with Crippen LogP contribution in [-0.4, -0.2) is 23.9 Å². The summed E-state index contributed by atoms with van der Waals surface area (Å²) < 4.78 is 10.3. The second-order valence-electron chi connectivity index (χ2n) is 6.40. The van der Waals surface area contributed by atoms with Crippen LogP contribution in [0, 0.1) is 13.8 Å². The first-order valence-electron chi connectivity index (χ1n) is 8.88. The molecule has 2 aromatic heterocycles. The number of aryl methyl sites for hydroxylation is 2. The monoisotopic (exact) mass is 412 g/mol. The zero-order valence-corrected chi connectivity index (χ0v) is 17.0. The van der Waals surface area contributed by atoms with Gasteiger partial charge in [-0.25, -0.2) is 4.79 Å². The quantitative estimate of drug-likeness (QED) is 0.585. The van der Waals surface area contributed by atoms with Crippen molar-refractivity contribution in [3.05, 3.63) is 70.5 Å². The van der Waals surface area contributed by atoms with Gasteiger partial charge in [-0.1, -0.05) is 18.2 Å². The summed E-state index contributed by atoms with van der Waals surface area (Å²) in [7, 11) is 0. The van der Waals surface area contributed by atoms with Crippen LogP contribution in [0.3, 0.4) is 0 Å². The number of hydrogen-bond donors (Lipinski definition) is 2. The van der Waals surface area contributed by atoms with Crippen molar-refractivity contribution < 1.29 is 23.5 Å². The highest BCUT2D eigenvalue weighted by atomic mass is 32.1. The molecule has 0 aliphatic heterocycles. The Bertz CT molecular complexity index is 1020. The van der Waals surface area contributed by atoms with Gasteiger partial charge in [-0.05, 0) is 56.2 Å². The third-order valence-corrected chi connectivity index (χ3v) is 5.15. The normalized spacial score (nSPS) is 11.6. The summed E-state index contributed by atoms with van der Waals surface area (Å²) in [6, 6.07) is 12.0. The van der Waals surface area contributed by atoms with Crippen LogP contribution in [0.15, 0.2) is 53.1 Å². The molecular formula is C21H20N2O5S. The molecule has 0 saturated carbocycles. The fourth-order valence-corrected chi connectivity index (χ4v) is 3.39. The van der Waals surface area contributed by atoms with E-state index in [0.29, 0.717) is 10.7 Å². The van der Waals surface area contributed by atoms with Gasteiger partial charge in [-0.15, -0.1) is 11.3 Å². The summed E-state index contributed by atoms with van der Waals surface area (Å²) in [6.45, 7) is 5.29. The van der Waals surface area contributed by atoms with Crippen molar-refractivity contribution in [1.29, 1.82) is 0 Å². The molecule has 2 amide bonds. The van der Waals surface area contributed by atoms with Crippen LogP contribution >= 0.6 is 11.3 Å². The number of amides is 2. The molecule has 0 radical (unpaired) electrons. The maximum atomic E-state index is 12.4. The minimum absolute atomic E-state index is 0.166. The highest BCUT2D eigenvalue weighted by Crippen LogP contribution is 2.24. The van der Waals surface area contributed by atoms with E-state index in [-0.39, 0.29) is 10.6 Å². The van der Waals surface area contributed by atoms with Gasteiger partial charge in [0.15, 0.2) is 11.9 Å². The lowest BCUT2D eigenvalue weighted by atomic mass is 10.1. The van der Waals surface area contributed by atoms with E-state index in [0.717, 1.165) is 22.5 Å². The Morgan fingerprint density at radius 2 is 1.72 bits per heavy atom. The lowest BCUT2D eigenvalue weighted by Gasteiger charge is -2.15. The Morgan fingerprint density at radius 1 is 1.00 bits per heavy atom. The molecule has 0 fully saturated rings. The van der Waals surface area contributed by atoms with E-state index in [1.54, 1.807) is 12.1 Å². The molecule has 29 heavy (non-hydrogen) atoms. The summed E-state index contributed by atoms with van der Waals surface area (Å²) in [6.07, 6.45) is 0.418. The van der Waals surface area contributed by atoms with Crippen molar-refractivity contribution in [2.75, 3.05) is 10.6 Å². The smallest absolute Gasteiger partial charge is 0.349 e. The number of carbonyl (C=O) groups is 3. The van der Waals surface area contributed by atoms with Gasteiger partial charge in [0.25, 0.3) is 11.8 Å². The van der Waals surface area contributed by atoms with Crippen molar-refractivity contribution in [2.24, 2.45) is 0 Å². The summed E-state index contributed by atoms with van der Waals surface area (Å²) in [5.74, 6) is -1.31. The number of ether oxygens (including phenoxy) is 1. The molecule has 1 atom stereocenters. The first-order chi connectivity index (χ1) is 13.8. The van der Waals surface area contributed by atoms with Gasteiger partial charge in [0.1, 0.15) is 4.88 Å². The van der Waals surface area contributed by atoms with Crippen LogP contribution in [0.2, 0.25) is 0 Å². The van der Waals surface area contributed by atoms with Crippen molar-refractivity contribution in [3.63, 3.8) is 0 Å². The van der Waals surface area contributed by atoms with Gasteiger partial charge in [-0.3, -0.25) is 9.59 Å². The van der Waals surface area contributed by atoms with Gasteiger partial charge in [0, 0.05) is 5.69 Å². The van der Waals surface area contributed by atoms with Crippen LogP contribution in [0.4, 0.5) is 10.7 Å². The number of furan rings is 1. The lowest BCUT2D eigenvalue weighted by molar-refractivity contribution is -0.123. The fraction of sp³-hybridized carbons (Fsp3) is 0.190. The molecular weight excluding hydrogens is 392 g/mol. The second kappa shape index (κ2) is 8.74. The first-order valence-corrected chi connectivity index (χ1v) is 9.69. The number of rotatable bonds is 6. The second-order valence-corrected chi connectivity index (χ2v) is 7.48. The molecule has 3 aromatic rings. The minimum atomic E-state index is -0.982. The van der Waals surface area contributed by atoms with Gasteiger partial charge in [0.05, 0.1) is 11.3 Å². The Kier molecular flexibility index (Phi) is 6.13. The summed E-state index contributed by atoms with van der Waals surface area (Å²) in [5.41, 5.74) is 2.55. The molecule has 7 nitrogen and oxygen atoms in total. The predicted octanol–water partition coefficient (Wildman–Crippen LogP) is 4.39. The zero-order chi connectivity index (χ0) is 21.0. The van der Waals surface area contributed by atoms with Gasteiger partial charge >= 0.3 is 5.97 Å². The van der Waals surface area contributed by atoms with E-state index in [1.165, 1.54) is 25.3 Å². The van der Waals surface area contributed by atoms with Gasteiger partial charge in [-0.2, -0.15) is 0 Å². The first kappa shape index (κ1) is 20.3. The number of esters is 1. The van der Waals surface area contributed by atoms with Crippen LogP contribution in [-0.2, 0) is 9.53 Å². The Hall–Kier alpha value is -3.39. The third kappa shape index (κ3) is 4.91. The van der Waals surface area contributed by atoms with E-state index < -0.39 is 23.9 Å². The van der Waals surface area contributed by atoms with Gasteiger partial charge < -0.3 is 19.8 Å². The molecule has 3 rings (SSSR count). The maximum absolute atomic E-state index is 12.4. The van der Waals surface area contributed by atoms with Crippen LogP contribution in [0.1, 0.15) is 38.3 Å². The lowest BCUT2D eigenvalue weighted by Crippen LogP contribution is -2.30. The molecule has 0 spiro atoms. The van der Waals surface area contributed by atoms with E-state index >= 15 is 0 Å². The summed E-state index contributed by atoms with van der Waals surface area (Å²) >= 11 is 1.05. The molecule has 2 heterocycles. The summed E-state index contributed by atoms with van der Waals surface area (Å²) in [4.78, 5) is 37.0. The minimum Gasteiger partial charge on any atom is -0.459 e. The number of carbonyl (C=O) groups excluding carboxylic acids is 3. The highest BCUT2D eigenvalue weighted by molar-refractivity contribution is 7.18. The average Bonchev–Trinajstić information content (AvgIpc) is 3.36. The van der Waals surface area contributed by atoms with Crippen molar-refractivity contribution in [3.8, 4) is 0 Å². The van der Waals surface area contributed by atoms with Crippen LogP contribution < -0.4 is 10.6 Å². The molecule has 150 valence electrons. The van der Waals surface area contributed by atoms with E-state index in [4.69, 9.17) is 9.15 Å². The molecule has 0 saturated heterocycles. The Morgan fingerprint density at radius 3 is 2.38 bits per heavy atom. The third-order valence-electron chi connectivity index (χ3n) is 4.17. The van der Waals surface area contributed by atoms with E-state index in [1.807, 2.05) is 32.0 Å². The Labute approximate surface area is 171 Å². The summed E-state index contributed by atoms with van der Waals surface area (Å²) in [5, 5.41) is 5.91. The SMILES string of the molecule is Cc1cccc(C)c1NC(=O)C(C)OC(=O)c1ccc(NC(=O)c2ccco2)s1. The number of para-hydroxylation sites is 1. The van der Waals surface area contributed by atoms with Crippen molar-refractivity contribution in [1.82, 2.24) is 0 Å². The average molecular weight is 412 g/mol. The number of nitrogens with one attached hydrogen (secondary N) is 2.